The molecule has 2 aliphatic rings. The Morgan fingerprint density at radius 2 is 1.82 bits per heavy atom. The molecule has 0 aliphatic carbocycles. The quantitative estimate of drug-likeness (QED) is 0.565. The molecule has 3 rings (SSSR count). The fraction of sp³-hybridized carbons (Fsp3) is 0.350. The summed E-state index contributed by atoms with van der Waals surface area (Å²) >= 11 is 0. The Morgan fingerprint density at radius 3 is 2.32 bits per heavy atom. The van der Waals surface area contributed by atoms with Crippen LogP contribution in [0, 0.1) is 11.3 Å². The summed E-state index contributed by atoms with van der Waals surface area (Å²) in [7, 11) is 0.552. The zero-order valence-electron chi connectivity index (χ0n) is 16.0. The summed E-state index contributed by atoms with van der Waals surface area (Å²) in [6, 6.07) is 8.63. The van der Waals surface area contributed by atoms with Gasteiger partial charge >= 0.3 is 0 Å². The molecule has 1 unspecified atom stereocenters. The molecule has 1 fully saturated rings. The zero-order valence-corrected chi connectivity index (χ0v) is 16.8. The average molecular weight is 399 g/mol. The van der Waals surface area contributed by atoms with E-state index in [-0.39, 0.29) is 29.1 Å². The van der Waals surface area contributed by atoms with Crippen molar-refractivity contribution >= 4 is 33.4 Å². The Labute approximate surface area is 164 Å². The van der Waals surface area contributed by atoms with Crippen LogP contribution in [0.15, 0.2) is 41.0 Å². The van der Waals surface area contributed by atoms with E-state index >= 15 is 0 Å². The number of carbonyl (C=O) groups excluding carboxylic acids is 2. The predicted octanol–water partition coefficient (Wildman–Crippen LogP) is 1.53. The summed E-state index contributed by atoms with van der Waals surface area (Å²) in [5.74, 6) is -1.59. The Morgan fingerprint density at radius 1 is 1.18 bits per heavy atom. The second-order valence-corrected chi connectivity index (χ2v) is 9.42. The smallest absolute Gasteiger partial charge is 0.271 e. The van der Waals surface area contributed by atoms with Gasteiger partial charge in [-0.15, -0.1) is 0 Å². The maximum absolute atomic E-state index is 13.1. The van der Waals surface area contributed by atoms with Crippen molar-refractivity contribution in [2.24, 2.45) is 0 Å². The van der Waals surface area contributed by atoms with E-state index in [1.165, 1.54) is 0 Å². The molecule has 146 valence electrons. The van der Waals surface area contributed by atoms with Crippen molar-refractivity contribution in [2.75, 3.05) is 30.5 Å². The van der Waals surface area contributed by atoms with Crippen LogP contribution >= 0.6 is 0 Å². The van der Waals surface area contributed by atoms with Crippen molar-refractivity contribution in [1.29, 1.82) is 5.26 Å². The lowest BCUT2D eigenvalue weighted by Crippen LogP contribution is -2.49. The van der Waals surface area contributed by atoms with Crippen molar-refractivity contribution in [3.05, 3.63) is 46.5 Å². The van der Waals surface area contributed by atoms with Gasteiger partial charge in [0.15, 0.2) is 9.84 Å². The number of nitrogens with zero attached hydrogens (tertiary/aromatic N) is 3. The summed E-state index contributed by atoms with van der Waals surface area (Å²) in [4.78, 5) is 28.7. The molecule has 0 radical (unpaired) electrons. The SMILES string of the molecule is CC1=C(C#N)C(=O)N(C2CCS(=O)(=O)C2)C(=O)/C1=C/c1ccc(N(C)C)cc1. The van der Waals surface area contributed by atoms with Crippen LogP contribution in [-0.4, -0.2) is 56.8 Å². The van der Waals surface area contributed by atoms with Crippen molar-refractivity contribution in [1.82, 2.24) is 4.90 Å². The molecule has 28 heavy (non-hydrogen) atoms. The number of anilines is 1. The van der Waals surface area contributed by atoms with E-state index in [4.69, 9.17) is 0 Å². The van der Waals surface area contributed by atoms with E-state index in [1.807, 2.05) is 49.3 Å². The lowest BCUT2D eigenvalue weighted by atomic mass is 9.92. The molecule has 2 amide bonds. The van der Waals surface area contributed by atoms with Crippen molar-refractivity contribution in [3.63, 3.8) is 0 Å². The topological polar surface area (TPSA) is 98.5 Å². The second kappa shape index (κ2) is 7.24. The van der Waals surface area contributed by atoms with E-state index < -0.39 is 27.7 Å². The molecule has 2 heterocycles. The highest BCUT2D eigenvalue weighted by atomic mass is 32.2. The number of rotatable bonds is 3. The fourth-order valence-electron chi connectivity index (χ4n) is 3.45. The Hall–Kier alpha value is -2.92. The van der Waals surface area contributed by atoms with E-state index in [2.05, 4.69) is 0 Å². The molecule has 0 bridgehead atoms. The van der Waals surface area contributed by atoms with Gasteiger partial charge in [-0.3, -0.25) is 14.5 Å². The van der Waals surface area contributed by atoms with E-state index in [0.717, 1.165) is 16.2 Å². The minimum absolute atomic E-state index is 0.0651. The summed E-state index contributed by atoms with van der Waals surface area (Å²) in [5.41, 5.74) is 2.17. The van der Waals surface area contributed by atoms with Crippen molar-refractivity contribution < 1.29 is 18.0 Å². The molecule has 7 nitrogen and oxygen atoms in total. The molecule has 8 heteroatoms. The monoisotopic (exact) mass is 399 g/mol. The number of sulfone groups is 1. The van der Waals surface area contributed by atoms with Crippen LogP contribution in [0.1, 0.15) is 18.9 Å². The molecule has 0 saturated carbocycles. The summed E-state index contributed by atoms with van der Waals surface area (Å²) < 4.78 is 23.7. The van der Waals surface area contributed by atoms with E-state index in [1.54, 1.807) is 13.0 Å². The third-order valence-corrected chi connectivity index (χ3v) is 6.82. The van der Waals surface area contributed by atoms with Gasteiger partial charge in [0, 0.05) is 25.4 Å². The van der Waals surface area contributed by atoms with Crippen LogP contribution in [0.25, 0.3) is 6.08 Å². The van der Waals surface area contributed by atoms with Gasteiger partial charge in [0.2, 0.25) is 0 Å². The van der Waals surface area contributed by atoms with Crippen LogP contribution in [0.4, 0.5) is 5.69 Å². The van der Waals surface area contributed by atoms with Gasteiger partial charge in [-0.2, -0.15) is 5.26 Å². The van der Waals surface area contributed by atoms with Crippen molar-refractivity contribution in [2.45, 2.75) is 19.4 Å². The summed E-state index contributed by atoms with van der Waals surface area (Å²) in [6.07, 6.45) is 1.83. The maximum atomic E-state index is 13.1. The van der Waals surface area contributed by atoms with Crippen LogP contribution < -0.4 is 4.90 Å². The number of imide groups is 1. The van der Waals surface area contributed by atoms with Crippen LogP contribution in [0.2, 0.25) is 0 Å². The lowest BCUT2D eigenvalue weighted by molar-refractivity contribution is -0.142. The summed E-state index contributed by atoms with van der Waals surface area (Å²) in [5, 5.41) is 9.45. The van der Waals surface area contributed by atoms with Gasteiger partial charge in [-0.1, -0.05) is 12.1 Å². The zero-order chi connectivity index (χ0) is 20.6. The van der Waals surface area contributed by atoms with Gasteiger partial charge in [-0.05, 0) is 42.7 Å². The highest BCUT2D eigenvalue weighted by molar-refractivity contribution is 7.91. The number of hydrogen-bond donors (Lipinski definition) is 0. The molecule has 0 spiro atoms. The first-order valence-corrected chi connectivity index (χ1v) is 10.7. The first-order chi connectivity index (χ1) is 13.1. The summed E-state index contributed by atoms with van der Waals surface area (Å²) in [6.45, 7) is 1.57. The minimum atomic E-state index is -3.29. The molecule has 1 atom stereocenters. The largest absolute Gasteiger partial charge is 0.378 e. The third-order valence-electron chi connectivity index (χ3n) is 5.07. The van der Waals surface area contributed by atoms with Crippen LogP contribution in [-0.2, 0) is 19.4 Å². The molecular weight excluding hydrogens is 378 g/mol. The first-order valence-electron chi connectivity index (χ1n) is 8.83. The van der Waals surface area contributed by atoms with Crippen LogP contribution in [0.3, 0.4) is 0 Å². The van der Waals surface area contributed by atoms with Gasteiger partial charge in [0.1, 0.15) is 11.6 Å². The standard InChI is InChI=1S/C20H21N3O4S/c1-13-17(10-14-4-6-15(7-5-14)22(2)3)19(24)23(20(25)18(13)11-21)16-8-9-28(26,27)12-16/h4-7,10,16H,8-9,12H2,1-3H3/b17-10+. The molecule has 0 N–H and O–H groups in total. The molecular formula is C20H21N3O4S. The molecule has 1 saturated heterocycles. The normalized spacial score (nSPS) is 23.3. The first kappa shape index (κ1) is 19.8. The third kappa shape index (κ3) is 3.58. The Bertz CT molecular complexity index is 1040. The van der Waals surface area contributed by atoms with Gasteiger partial charge < -0.3 is 4.90 Å². The average Bonchev–Trinajstić information content (AvgIpc) is 2.99. The highest BCUT2D eigenvalue weighted by Crippen LogP contribution is 2.31. The number of carbonyl (C=O) groups is 2. The lowest BCUT2D eigenvalue weighted by Gasteiger charge is -2.31. The van der Waals surface area contributed by atoms with E-state index in [0.29, 0.717) is 5.57 Å². The number of hydrogen-bond acceptors (Lipinski definition) is 6. The Balaban J connectivity index is 2.04. The molecule has 1 aromatic carbocycles. The van der Waals surface area contributed by atoms with Crippen molar-refractivity contribution in [3.8, 4) is 6.07 Å². The molecule has 2 aliphatic heterocycles. The number of amides is 2. The maximum Gasteiger partial charge on any atom is 0.271 e. The predicted molar refractivity (Wildman–Crippen MR) is 106 cm³/mol. The van der Waals surface area contributed by atoms with Gasteiger partial charge in [0.25, 0.3) is 11.8 Å². The molecule has 0 aromatic heterocycles. The minimum Gasteiger partial charge on any atom is -0.378 e. The van der Waals surface area contributed by atoms with Gasteiger partial charge in [-0.25, -0.2) is 8.42 Å². The number of benzene rings is 1. The van der Waals surface area contributed by atoms with Gasteiger partial charge in [0.05, 0.1) is 17.5 Å². The number of nitriles is 1. The van der Waals surface area contributed by atoms with Crippen LogP contribution in [0.5, 0.6) is 0 Å². The Kier molecular flexibility index (Phi) is 5.13. The molecule has 1 aromatic rings. The highest BCUT2D eigenvalue weighted by Gasteiger charge is 2.43. The van der Waals surface area contributed by atoms with E-state index in [9.17, 15) is 23.3 Å². The fourth-order valence-corrected chi connectivity index (χ4v) is 5.15. The second-order valence-electron chi connectivity index (χ2n) is 7.19.